The third-order valence-corrected chi connectivity index (χ3v) is 4.80. The van der Waals surface area contributed by atoms with Gasteiger partial charge in [0.15, 0.2) is 5.65 Å². The van der Waals surface area contributed by atoms with E-state index in [1.165, 1.54) is 11.6 Å². The monoisotopic (exact) mass is 352 g/mol. The van der Waals surface area contributed by atoms with Crippen LogP contribution in [0.5, 0.6) is 0 Å². The van der Waals surface area contributed by atoms with E-state index >= 15 is 0 Å². The van der Waals surface area contributed by atoms with Crippen LogP contribution in [0.4, 0.5) is 11.4 Å². The summed E-state index contributed by atoms with van der Waals surface area (Å²) in [6.45, 7) is 6.84. The lowest BCUT2D eigenvalue weighted by Gasteiger charge is -2.27. The summed E-state index contributed by atoms with van der Waals surface area (Å²) >= 11 is 0. The Kier molecular flexibility index (Phi) is 4.68. The highest BCUT2D eigenvalue weighted by atomic mass is 16.2. The van der Waals surface area contributed by atoms with Gasteiger partial charge in [0.1, 0.15) is 5.39 Å². The summed E-state index contributed by atoms with van der Waals surface area (Å²) in [5, 5.41) is 0.484. The number of hydrogen-bond donors (Lipinski definition) is 0. The van der Waals surface area contributed by atoms with Gasteiger partial charge in [0.25, 0.3) is 5.56 Å². The van der Waals surface area contributed by atoms with E-state index in [9.17, 15) is 9.59 Å². The summed E-state index contributed by atoms with van der Waals surface area (Å²) in [6, 6.07) is 8.19. The molecular weight excluding hydrogens is 328 g/mol. The molecule has 6 heteroatoms. The molecule has 26 heavy (non-hydrogen) atoms. The second kappa shape index (κ2) is 6.78. The maximum absolute atomic E-state index is 13.0. The second-order valence-electron chi connectivity index (χ2n) is 6.47. The molecule has 0 saturated carbocycles. The number of aromatic nitrogens is 3. The first kappa shape index (κ1) is 17.9. The molecule has 0 atom stereocenters. The Morgan fingerprint density at radius 3 is 2.46 bits per heavy atom. The van der Waals surface area contributed by atoms with E-state index in [1.54, 1.807) is 13.2 Å². The Morgan fingerprint density at radius 1 is 1.12 bits per heavy atom. The van der Waals surface area contributed by atoms with Crippen LogP contribution >= 0.6 is 0 Å². The number of benzene rings is 1. The normalized spacial score (nSPS) is 11.1. The van der Waals surface area contributed by atoms with Gasteiger partial charge < -0.3 is 4.90 Å². The summed E-state index contributed by atoms with van der Waals surface area (Å²) in [6.07, 6.45) is 2.52. The topological polar surface area (TPSA) is 60.1 Å². The average molecular weight is 352 g/mol. The van der Waals surface area contributed by atoms with Crippen molar-refractivity contribution in [2.24, 2.45) is 14.1 Å². The van der Waals surface area contributed by atoms with Crippen molar-refractivity contribution in [1.82, 2.24) is 14.1 Å². The quantitative estimate of drug-likeness (QED) is 0.724. The molecule has 0 saturated heterocycles. The van der Waals surface area contributed by atoms with E-state index in [2.05, 4.69) is 22.9 Å². The van der Waals surface area contributed by atoms with Gasteiger partial charge in [-0.1, -0.05) is 19.1 Å². The number of aryl methyl sites for hydroxylation is 3. The summed E-state index contributed by atoms with van der Waals surface area (Å²) < 4.78 is 2.58. The molecule has 0 bridgehead atoms. The minimum absolute atomic E-state index is 0.313. The lowest BCUT2D eigenvalue weighted by atomic mass is 10.1. The zero-order chi connectivity index (χ0) is 19.0. The highest BCUT2D eigenvalue weighted by molar-refractivity contribution is 5.93. The third kappa shape index (κ3) is 2.71. The van der Waals surface area contributed by atoms with Crippen LogP contribution in [0.3, 0.4) is 0 Å². The van der Waals surface area contributed by atoms with Crippen molar-refractivity contribution in [3.8, 4) is 0 Å². The van der Waals surface area contributed by atoms with Crippen molar-refractivity contribution in [1.29, 1.82) is 0 Å². The average Bonchev–Trinajstić information content (AvgIpc) is 2.65. The van der Waals surface area contributed by atoms with Gasteiger partial charge in [0.2, 0.25) is 0 Å². The Labute approximate surface area is 152 Å². The van der Waals surface area contributed by atoms with E-state index in [-0.39, 0.29) is 11.2 Å². The molecule has 1 aromatic carbocycles. The third-order valence-electron chi connectivity index (χ3n) is 4.80. The Morgan fingerprint density at radius 2 is 1.85 bits per heavy atom. The number of nitrogens with zero attached hydrogens (tertiary/aromatic N) is 4. The fraction of sp³-hybridized carbons (Fsp3) is 0.350. The largest absolute Gasteiger partial charge is 0.341 e. The van der Waals surface area contributed by atoms with Crippen LogP contribution in [-0.2, 0) is 20.5 Å². The number of anilines is 2. The van der Waals surface area contributed by atoms with Crippen molar-refractivity contribution in [2.75, 3.05) is 11.4 Å². The Balaban J connectivity index is 2.47. The molecule has 0 fully saturated rings. The first-order valence-electron chi connectivity index (χ1n) is 8.82. The molecule has 136 valence electrons. The predicted octanol–water partition coefficient (Wildman–Crippen LogP) is 2.66. The molecule has 0 aliphatic heterocycles. The van der Waals surface area contributed by atoms with Crippen molar-refractivity contribution in [3.05, 3.63) is 62.4 Å². The summed E-state index contributed by atoms with van der Waals surface area (Å²) in [7, 11) is 3.16. The fourth-order valence-electron chi connectivity index (χ4n) is 3.39. The number of pyridine rings is 1. The fourth-order valence-corrected chi connectivity index (χ4v) is 3.39. The van der Waals surface area contributed by atoms with E-state index in [4.69, 9.17) is 0 Å². The summed E-state index contributed by atoms with van der Waals surface area (Å²) in [5.74, 6) is 0. The number of fused-ring (bicyclic) bond motifs is 1. The minimum Gasteiger partial charge on any atom is -0.341 e. The molecule has 6 nitrogen and oxygen atoms in total. The molecule has 0 amide bonds. The number of rotatable bonds is 4. The highest BCUT2D eigenvalue weighted by Crippen LogP contribution is 2.33. The lowest BCUT2D eigenvalue weighted by molar-refractivity contribution is 0.707. The van der Waals surface area contributed by atoms with Gasteiger partial charge in [0.05, 0.1) is 5.69 Å². The molecule has 2 aromatic heterocycles. The van der Waals surface area contributed by atoms with Gasteiger partial charge in [-0.05, 0) is 43.5 Å². The van der Waals surface area contributed by atoms with Crippen LogP contribution in [-0.4, -0.2) is 20.7 Å². The second-order valence-corrected chi connectivity index (χ2v) is 6.47. The first-order valence-corrected chi connectivity index (χ1v) is 8.82. The van der Waals surface area contributed by atoms with Gasteiger partial charge in [-0.25, -0.2) is 9.78 Å². The van der Waals surface area contributed by atoms with Gasteiger partial charge in [-0.2, -0.15) is 0 Å². The molecule has 0 spiro atoms. The minimum atomic E-state index is -0.371. The SMILES string of the molecule is CCc1cnc2c(c1N(CC)c1cccc(C)c1)c(=O)n(C)c(=O)n2C. The molecule has 0 aliphatic rings. The Bertz CT molecular complexity index is 1100. The van der Waals surface area contributed by atoms with Crippen LogP contribution in [0.1, 0.15) is 25.0 Å². The van der Waals surface area contributed by atoms with Crippen molar-refractivity contribution in [2.45, 2.75) is 27.2 Å². The van der Waals surface area contributed by atoms with Crippen LogP contribution in [0.25, 0.3) is 11.0 Å². The number of hydrogen-bond acceptors (Lipinski definition) is 4. The first-order chi connectivity index (χ1) is 12.4. The summed E-state index contributed by atoms with van der Waals surface area (Å²) in [5.41, 5.74) is 3.72. The molecule has 3 aromatic rings. The van der Waals surface area contributed by atoms with Crippen LogP contribution < -0.4 is 16.1 Å². The van der Waals surface area contributed by atoms with E-state index < -0.39 is 0 Å². The Hall–Kier alpha value is -2.89. The maximum atomic E-state index is 13.0. The zero-order valence-corrected chi connectivity index (χ0v) is 15.9. The van der Waals surface area contributed by atoms with Crippen molar-refractivity contribution >= 4 is 22.4 Å². The van der Waals surface area contributed by atoms with E-state index in [0.29, 0.717) is 17.6 Å². The maximum Gasteiger partial charge on any atom is 0.332 e. The standard InChI is InChI=1S/C20H24N4O2/c1-6-14-12-21-18-16(19(25)23(5)20(26)22(18)4)17(14)24(7-2)15-10-8-9-13(3)11-15/h8-12H,6-7H2,1-5H3. The van der Waals surface area contributed by atoms with Gasteiger partial charge >= 0.3 is 5.69 Å². The smallest absolute Gasteiger partial charge is 0.332 e. The van der Waals surface area contributed by atoms with Crippen LogP contribution in [0, 0.1) is 6.92 Å². The van der Waals surface area contributed by atoms with E-state index in [0.717, 1.165) is 33.5 Å². The predicted molar refractivity (Wildman–Crippen MR) is 105 cm³/mol. The van der Waals surface area contributed by atoms with Gasteiger partial charge in [-0.3, -0.25) is 13.9 Å². The summed E-state index contributed by atoms with van der Waals surface area (Å²) in [4.78, 5) is 31.8. The highest BCUT2D eigenvalue weighted by Gasteiger charge is 2.21. The molecule has 0 aliphatic carbocycles. The van der Waals surface area contributed by atoms with Crippen LogP contribution in [0.2, 0.25) is 0 Å². The van der Waals surface area contributed by atoms with Crippen molar-refractivity contribution < 1.29 is 0 Å². The molecular formula is C20H24N4O2. The zero-order valence-electron chi connectivity index (χ0n) is 15.9. The lowest BCUT2D eigenvalue weighted by Crippen LogP contribution is -2.38. The molecule has 2 heterocycles. The van der Waals surface area contributed by atoms with E-state index in [1.807, 2.05) is 32.0 Å². The molecule has 0 radical (unpaired) electrons. The molecule has 0 unspecified atom stereocenters. The molecule has 0 N–H and O–H groups in total. The van der Waals surface area contributed by atoms with Gasteiger partial charge in [-0.15, -0.1) is 0 Å². The molecule has 3 rings (SSSR count). The van der Waals surface area contributed by atoms with Crippen LogP contribution in [0.15, 0.2) is 40.1 Å². The van der Waals surface area contributed by atoms with Crippen molar-refractivity contribution in [3.63, 3.8) is 0 Å². The van der Waals surface area contributed by atoms with Gasteiger partial charge in [0, 0.05) is 32.5 Å².